The molecule has 4 atom stereocenters. The summed E-state index contributed by atoms with van der Waals surface area (Å²) < 4.78 is 16.1. The quantitative estimate of drug-likeness (QED) is 0.116. The number of aromatic amines is 1. The number of methoxy groups -OCH3 is 2. The van der Waals surface area contributed by atoms with Gasteiger partial charge in [-0.15, -0.1) is 0 Å². The molecule has 2 fully saturated rings. The van der Waals surface area contributed by atoms with Crippen LogP contribution in [0, 0.1) is 6.92 Å². The third-order valence-electron chi connectivity index (χ3n) is 12.5. The van der Waals surface area contributed by atoms with Gasteiger partial charge in [-0.1, -0.05) is 60.7 Å². The second kappa shape index (κ2) is 17.7. The lowest BCUT2D eigenvalue weighted by Crippen LogP contribution is -2.47. The van der Waals surface area contributed by atoms with Crippen LogP contribution in [0.5, 0.6) is 0 Å². The Balaban J connectivity index is 0.928. The van der Waals surface area contributed by atoms with Crippen LogP contribution in [0.1, 0.15) is 78.3 Å². The number of H-pyrrole nitrogens is 1. The van der Waals surface area contributed by atoms with Crippen molar-refractivity contribution in [1.82, 2.24) is 30.4 Å². The van der Waals surface area contributed by atoms with Gasteiger partial charge in [-0.2, -0.15) is 0 Å². The Morgan fingerprint density at radius 2 is 1.36 bits per heavy atom. The fourth-order valence-electron chi connectivity index (χ4n) is 9.24. The Labute approximate surface area is 368 Å². The highest BCUT2D eigenvalue weighted by Gasteiger charge is 2.39. The maximum absolute atomic E-state index is 14.2. The number of hydrogen-bond acceptors (Lipinski definition) is 10. The maximum atomic E-state index is 14.2. The van der Waals surface area contributed by atoms with Crippen molar-refractivity contribution < 1.29 is 33.1 Å². The van der Waals surface area contributed by atoms with Crippen molar-refractivity contribution in [2.45, 2.75) is 63.2 Å². The zero-order valence-corrected chi connectivity index (χ0v) is 35.6. The monoisotopic (exact) mass is 861 g/mol. The summed E-state index contributed by atoms with van der Waals surface area (Å²) in [4.78, 5) is 83.3. The molecule has 9 rings (SSSR count). The number of aliphatic imine (C=N–C) groups is 1. The first-order chi connectivity index (χ1) is 31.1. The average Bonchev–Trinajstić information content (AvgIpc) is 4.18. The lowest BCUT2D eigenvalue weighted by molar-refractivity contribution is -0.135. The number of rotatable bonds is 10. The molecule has 15 nitrogen and oxygen atoms in total. The van der Waals surface area contributed by atoms with Gasteiger partial charge < -0.3 is 39.3 Å². The fraction of sp³-hybridized carbons (Fsp3) is 0.286. The maximum Gasteiger partial charge on any atom is 0.407 e. The number of ether oxygens (including phenoxy) is 2. The highest BCUT2D eigenvalue weighted by molar-refractivity contribution is 6.05. The SMILES string of the molecule is COC(=O)N[C@@H](C(=O)N1CCC[C@H]1C1=NC=C(c2cc3oc4ccc(-c5cnc([C@@H]6CCCN6C(=O)[C@H](NC(=O)OC)c6ccccc6)[nH]5)cc4c(=O)c3cc2C)C1)c1ccccc1. The highest BCUT2D eigenvalue weighted by Crippen LogP contribution is 2.37. The van der Waals surface area contributed by atoms with Crippen molar-refractivity contribution in [3.05, 3.63) is 142 Å². The molecule has 15 heteroatoms. The molecule has 0 aliphatic carbocycles. The number of likely N-dealkylation sites (tertiary alicyclic amines) is 2. The van der Waals surface area contributed by atoms with Gasteiger partial charge in [-0.25, -0.2) is 14.6 Å². The number of nitrogens with one attached hydrogen (secondary N) is 3. The van der Waals surface area contributed by atoms with Crippen LogP contribution in [0.4, 0.5) is 9.59 Å². The van der Waals surface area contributed by atoms with Gasteiger partial charge in [0.2, 0.25) is 11.3 Å². The number of aromatic nitrogens is 2. The van der Waals surface area contributed by atoms with Gasteiger partial charge in [-0.3, -0.25) is 19.4 Å². The lowest BCUT2D eigenvalue weighted by Gasteiger charge is -2.29. The van der Waals surface area contributed by atoms with Crippen molar-refractivity contribution in [1.29, 1.82) is 0 Å². The van der Waals surface area contributed by atoms with Gasteiger partial charge in [0.1, 0.15) is 29.1 Å². The lowest BCUT2D eigenvalue weighted by atomic mass is 9.94. The van der Waals surface area contributed by atoms with Crippen LogP contribution in [0.15, 0.2) is 118 Å². The van der Waals surface area contributed by atoms with Gasteiger partial charge in [0.25, 0.3) is 5.91 Å². The number of alkyl carbamates (subject to hydrolysis) is 2. The smallest absolute Gasteiger partial charge is 0.407 e. The van der Waals surface area contributed by atoms with E-state index in [9.17, 15) is 24.0 Å². The van der Waals surface area contributed by atoms with E-state index in [4.69, 9.17) is 18.9 Å². The first kappa shape index (κ1) is 41.8. The summed E-state index contributed by atoms with van der Waals surface area (Å²) in [5.41, 5.74) is 7.01. The Morgan fingerprint density at radius 3 is 1.98 bits per heavy atom. The number of imidazole rings is 1. The molecule has 3 N–H and O–H groups in total. The fourth-order valence-corrected chi connectivity index (χ4v) is 9.24. The summed E-state index contributed by atoms with van der Waals surface area (Å²) in [6.45, 7) is 2.99. The number of fused-ring (bicyclic) bond motifs is 2. The molecule has 0 unspecified atom stereocenters. The van der Waals surface area contributed by atoms with Crippen LogP contribution in [0.25, 0.3) is 38.8 Å². The van der Waals surface area contributed by atoms with E-state index in [2.05, 4.69) is 20.6 Å². The third kappa shape index (κ3) is 8.00. The number of hydrogen-bond donors (Lipinski definition) is 3. The minimum Gasteiger partial charge on any atom is -0.456 e. The van der Waals surface area contributed by atoms with E-state index in [1.165, 1.54) is 14.2 Å². The van der Waals surface area contributed by atoms with Gasteiger partial charge in [0, 0.05) is 37.0 Å². The molecule has 2 saturated heterocycles. The molecule has 6 aromatic rings. The number of amides is 4. The average molecular weight is 862 g/mol. The standard InChI is InChI=1S/C49H47N7O8/c1-28-22-34-41(25-33(28)32-24-36(50-26-32)38-16-10-20-55(38)46(58)42(53-48(60)62-2)29-12-6-4-7-13-29)64-40-19-18-31(23-35(40)44(34)57)37-27-51-45(52-37)39-17-11-21-56(39)47(59)43(54-49(61)63-3)30-14-8-5-9-15-30/h4-9,12-15,18-19,22-23,25-27,38-39,42-43H,10-11,16-17,20-21,24H2,1-3H3,(H,51,52)(H,53,60)(H,54,61)/t38-,39-,42+,43+/m0/s1. The van der Waals surface area contributed by atoms with Gasteiger partial charge >= 0.3 is 12.2 Å². The summed E-state index contributed by atoms with van der Waals surface area (Å²) in [6, 6.07) is 24.9. The largest absolute Gasteiger partial charge is 0.456 e. The summed E-state index contributed by atoms with van der Waals surface area (Å²) in [7, 11) is 2.53. The van der Waals surface area contributed by atoms with Crippen LogP contribution >= 0.6 is 0 Å². The minimum atomic E-state index is -0.934. The molecule has 4 aromatic carbocycles. The molecule has 0 bridgehead atoms. The molecule has 0 saturated carbocycles. The predicted octanol–water partition coefficient (Wildman–Crippen LogP) is 7.68. The van der Waals surface area contributed by atoms with E-state index in [1.807, 2.05) is 79.9 Å². The first-order valence-corrected chi connectivity index (χ1v) is 21.3. The topological polar surface area (TPSA) is 189 Å². The van der Waals surface area contributed by atoms with E-state index in [0.29, 0.717) is 70.5 Å². The van der Waals surface area contributed by atoms with Crippen LogP contribution in [-0.2, 0) is 19.1 Å². The molecule has 3 aliphatic rings. The molecule has 64 heavy (non-hydrogen) atoms. The van der Waals surface area contributed by atoms with Crippen molar-refractivity contribution in [2.24, 2.45) is 4.99 Å². The molecular formula is C49H47N7O8. The molecule has 2 aromatic heterocycles. The van der Waals surface area contributed by atoms with E-state index in [-0.39, 0.29) is 29.3 Å². The van der Waals surface area contributed by atoms with E-state index >= 15 is 0 Å². The molecule has 326 valence electrons. The van der Waals surface area contributed by atoms with Gasteiger partial charge in [0.15, 0.2) is 0 Å². The second-order valence-electron chi connectivity index (χ2n) is 16.3. The van der Waals surface area contributed by atoms with Crippen molar-refractivity contribution in [2.75, 3.05) is 27.3 Å². The number of nitrogens with zero attached hydrogens (tertiary/aromatic N) is 4. The molecule has 3 aliphatic heterocycles. The summed E-state index contributed by atoms with van der Waals surface area (Å²) in [5.74, 6) is 0.115. The van der Waals surface area contributed by atoms with Crippen molar-refractivity contribution in [3.63, 3.8) is 0 Å². The summed E-state index contributed by atoms with van der Waals surface area (Å²) in [6.07, 6.45) is 5.64. The van der Waals surface area contributed by atoms with Gasteiger partial charge in [0.05, 0.1) is 49.0 Å². The first-order valence-electron chi connectivity index (χ1n) is 21.3. The Morgan fingerprint density at radius 1 is 0.766 bits per heavy atom. The third-order valence-corrected chi connectivity index (χ3v) is 12.5. The predicted molar refractivity (Wildman–Crippen MR) is 240 cm³/mol. The summed E-state index contributed by atoms with van der Waals surface area (Å²) in [5, 5.41) is 6.27. The number of benzene rings is 4. The molecule has 0 spiro atoms. The zero-order valence-electron chi connectivity index (χ0n) is 35.6. The Kier molecular flexibility index (Phi) is 11.5. The van der Waals surface area contributed by atoms with Crippen LogP contribution in [0.2, 0.25) is 0 Å². The number of carbonyl (C=O) groups excluding carboxylic acids is 4. The van der Waals surface area contributed by atoms with Crippen LogP contribution in [-0.4, -0.2) is 82.8 Å². The molecule has 0 radical (unpaired) electrons. The minimum absolute atomic E-state index is 0.170. The van der Waals surface area contributed by atoms with Crippen molar-refractivity contribution in [3.8, 4) is 11.3 Å². The normalized spacial score (nSPS) is 18.1. The molecule has 5 heterocycles. The second-order valence-corrected chi connectivity index (χ2v) is 16.3. The van der Waals surface area contributed by atoms with Gasteiger partial charge in [-0.05, 0) is 90.8 Å². The zero-order chi connectivity index (χ0) is 44.5. The highest BCUT2D eigenvalue weighted by atomic mass is 16.5. The Bertz CT molecular complexity index is 2910. The van der Waals surface area contributed by atoms with Crippen molar-refractivity contribution >= 4 is 57.2 Å². The van der Waals surface area contributed by atoms with E-state index in [0.717, 1.165) is 47.2 Å². The van der Waals surface area contributed by atoms with Crippen LogP contribution in [0.3, 0.4) is 0 Å². The number of aryl methyl sites for hydroxylation is 1. The van der Waals surface area contributed by atoms with E-state index < -0.39 is 24.3 Å². The number of allylic oxidation sites excluding steroid dienone is 1. The van der Waals surface area contributed by atoms with Crippen LogP contribution < -0.4 is 16.1 Å². The van der Waals surface area contributed by atoms with E-state index in [1.54, 1.807) is 40.3 Å². The molecule has 4 amide bonds. The molecular weight excluding hydrogens is 815 g/mol. The summed E-state index contributed by atoms with van der Waals surface area (Å²) >= 11 is 0. The Hall–Kier alpha value is -7.55. The number of carbonyl (C=O) groups is 4.